The van der Waals surface area contributed by atoms with Crippen molar-refractivity contribution >= 4 is 11.6 Å². The molecule has 0 fully saturated rings. The van der Waals surface area contributed by atoms with Crippen molar-refractivity contribution in [1.29, 1.82) is 0 Å². The van der Waals surface area contributed by atoms with E-state index < -0.39 is 5.82 Å². The summed E-state index contributed by atoms with van der Waals surface area (Å²) in [5.41, 5.74) is 5.74. The number of nitrogens with zero attached hydrogens (tertiary/aromatic N) is 1. The van der Waals surface area contributed by atoms with Crippen LogP contribution in [-0.4, -0.2) is 37.0 Å². The van der Waals surface area contributed by atoms with Gasteiger partial charge in [-0.25, -0.2) is 4.39 Å². The van der Waals surface area contributed by atoms with Crippen molar-refractivity contribution in [3.8, 4) is 0 Å². The average Bonchev–Trinajstić information content (AvgIpc) is 2.39. The van der Waals surface area contributed by atoms with E-state index in [-0.39, 0.29) is 18.1 Å². The highest BCUT2D eigenvalue weighted by atomic mass is 19.1. The molecule has 0 aromatic heterocycles. The number of para-hydroxylation sites is 1. The van der Waals surface area contributed by atoms with E-state index in [1.165, 1.54) is 6.07 Å². The Kier molecular flexibility index (Phi) is 7.07. The number of carbonyl (C=O) groups excluding carboxylic acids is 1. The van der Waals surface area contributed by atoms with E-state index >= 15 is 0 Å². The van der Waals surface area contributed by atoms with Crippen LogP contribution >= 0.6 is 0 Å². The molecule has 0 saturated carbocycles. The van der Waals surface area contributed by atoms with Crippen molar-refractivity contribution in [1.82, 2.24) is 4.90 Å². The zero-order valence-electron chi connectivity index (χ0n) is 11.4. The molecule has 0 aliphatic heterocycles. The molecule has 19 heavy (non-hydrogen) atoms. The van der Waals surface area contributed by atoms with E-state index in [4.69, 9.17) is 5.73 Å². The third-order valence-electron chi connectivity index (χ3n) is 2.79. The van der Waals surface area contributed by atoms with Crippen LogP contribution < -0.4 is 11.1 Å². The van der Waals surface area contributed by atoms with Crippen LogP contribution in [0.1, 0.15) is 19.8 Å². The summed E-state index contributed by atoms with van der Waals surface area (Å²) >= 11 is 0. The van der Waals surface area contributed by atoms with Gasteiger partial charge >= 0.3 is 0 Å². The van der Waals surface area contributed by atoms with Crippen LogP contribution in [0, 0.1) is 5.82 Å². The Balaban J connectivity index is 2.50. The first-order valence-corrected chi connectivity index (χ1v) is 6.64. The van der Waals surface area contributed by atoms with Crippen LogP contribution in [0.15, 0.2) is 24.3 Å². The molecule has 1 amide bonds. The predicted molar refractivity (Wildman–Crippen MR) is 75.4 cm³/mol. The highest BCUT2D eigenvalue weighted by molar-refractivity contribution is 5.92. The summed E-state index contributed by atoms with van der Waals surface area (Å²) in [6.07, 6.45) is 2.09. The second-order valence-electron chi connectivity index (χ2n) is 4.45. The van der Waals surface area contributed by atoms with Gasteiger partial charge in [0.2, 0.25) is 5.91 Å². The third-order valence-corrected chi connectivity index (χ3v) is 2.79. The largest absolute Gasteiger partial charge is 0.329 e. The number of rotatable bonds is 8. The lowest BCUT2D eigenvalue weighted by atomic mass is 10.3. The van der Waals surface area contributed by atoms with Crippen molar-refractivity contribution in [3.63, 3.8) is 0 Å². The lowest BCUT2D eigenvalue weighted by Crippen LogP contribution is -2.37. The summed E-state index contributed by atoms with van der Waals surface area (Å²) in [5, 5.41) is 2.58. The molecule has 0 heterocycles. The quantitative estimate of drug-likeness (QED) is 0.755. The van der Waals surface area contributed by atoms with Crippen molar-refractivity contribution in [2.24, 2.45) is 5.73 Å². The monoisotopic (exact) mass is 267 g/mol. The van der Waals surface area contributed by atoms with Crippen LogP contribution in [0.25, 0.3) is 0 Å². The van der Waals surface area contributed by atoms with Gasteiger partial charge in [0.05, 0.1) is 12.2 Å². The molecule has 106 valence electrons. The van der Waals surface area contributed by atoms with Gasteiger partial charge < -0.3 is 11.1 Å². The summed E-state index contributed by atoms with van der Waals surface area (Å²) in [4.78, 5) is 13.8. The smallest absolute Gasteiger partial charge is 0.238 e. The van der Waals surface area contributed by atoms with Gasteiger partial charge in [0.15, 0.2) is 0 Å². The summed E-state index contributed by atoms with van der Waals surface area (Å²) in [6.45, 7) is 4.35. The number of carbonyl (C=O) groups is 1. The third kappa shape index (κ3) is 5.81. The summed E-state index contributed by atoms with van der Waals surface area (Å²) in [6, 6.07) is 6.15. The number of halogens is 1. The molecule has 0 saturated heterocycles. The molecule has 0 spiro atoms. The van der Waals surface area contributed by atoms with Crippen LogP contribution in [0.2, 0.25) is 0 Å². The van der Waals surface area contributed by atoms with Gasteiger partial charge in [-0.05, 0) is 25.1 Å². The van der Waals surface area contributed by atoms with E-state index in [0.717, 1.165) is 19.4 Å². The second-order valence-corrected chi connectivity index (χ2v) is 4.45. The van der Waals surface area contributed by atoms with Crippen molar-refractivity contribution < 1.29 is 9.18 Å². The van der Waals surface area contributed by atoms with Gasteiger partial charge in [-0.15, -0.1) is 0 Å². The number of unbranched alkanes of at least 4 members (excludes halogenated alkanes) is 1. The van der Waals surface area contributed by atoms with Gasteiger partial charge in [-0.2, -0.15) is 0 Å². The molecule has 5 heteroatoms. The fourth-order valence-electron chi connectivity index (χ4n) is 1.79. The maximum absolute atomic E-state index is 13.4. The second kappa shape index (κ2) is 8.61. The molecule has 0 unspecified atom stereocenters. The summed E-state index contributed by atoms with van der Waals surface area (Å²) in [7, 11) is 0. The lowest BCUT2D eigenvalue weighted by Gasteiger charge is -2.20. The Morgan fingerprint density at radius 2 is 2.11 bits per heavy atom. The van der Waals surface area contributed by atoms with E-state index in [9.17, 15) is 9.18 Å². The van der Waals surface area contributed by atoms with E-state index in [0.29, 0.717) is 13.1 Å². The summed E-state index contributed by atoms with van der Waals surface area (Å²) in [5.74, 6) is -0.635. The number of anilines is 1. The normalized spacial score (nSPS) is 10.7. The van der Waals surface area contributed by atoms with Crippen molar-refractivity contribution in [2.75, 3.05) is 31.5 Å². The van der Waals surface area contributed by atoms with Gasteiger partial charge in [-0.3, -0.25) is 9.69 Å². The Morgan fingerprint density at radius 1 is 1.37 bits per heavy atom. The molecule has 0 aliphatic rings. The average molecular weight is 267 g/mol. The van der Waals surface area contributed by atoms with E-state index in [1.807, 2.05) is 4.90 Å². The fraction of sp³-hybridized carbons (Fsp3) is 0.500. The van der Waals surface area contributed by atoms with Crippen LogP contribution in [-0.2, 0) is 4.79 Å². The number of hydrogen-bond acceptors (Lipinski definition) is 3. The molecule has 4 nitrogen and oxygen atoms in total. The maximum Gasteiger partial charge on any atom is 0.238 e. The SMILES string of the molecule is CCCCN(CCN)CC(=O)Nc1ccccc1F. The Bertz CT molecular complexity index is 398. The first-order valence-electron chi connectivity index (χ1n) is 6.64. The molecule has 0 aliphatic carbocycles. The topological polar surface area (TPSA) is 58.4 Å². The number of amides is 1. The van der Waals surface area contributed by atoms with Gasteiger partial charge in [-0.1, -0.05) is 25.5 Å². The Labute approximate surface area is 113 Å². The first-order chi connectivity index (χ1) is 9.17. The molecule has 0 radical (unpaired) electrons. The number of nitrogens with one attached hydrogen (secondary N) is 1. The molecule has 0 bridgehead atoms. The minimum absolute atomic E-state index is 0.213. The minimum atomic E-state index is -0.421. The van der Waals surface area contributed by atoms with Gasteiger partial charge in [0.1, 0.15) is 5.82 Å². The molecule has 3 N–H and O–H groups in total. The zero-order valence-corrected chi connectivity index (χ0v) is 11.4. The standard InChI is InChI=1S/C14H22FN3O/c1-2-3-9-18(10-8-16)11-14(19)17-13-7-5-4-6-12(13)15/h4-7H,2-3,8-11,16H2,1H3,(H,17,19). The molecule has 1 rings (SSSR count). The van der Waals surface area contributed by atoms with Gasteiger partial charge in [0.25, 0.3) is 0 Å². The van der Waals surface area contributed by atoms with Crippen LogP contribution in [0.5, 0.6) is 0 Å². The Morgan fingerprint density at radius 3 is 2.74 bits per heavy atom. The van der Waals surface area contributed by atoms with E-state index in [2.05, 4.69) is 12.2 Å². The number of benzene rings is 1. The highest BCUT2D eigenvalue weighted by Crippen LogP contribution is 2.12. The maximum atomic E-state index is 13.4. The van der Waals surface area contributed by atoms with Crippen LogP contribution in [0.3, 0.4) is 0 Å². The lowest BCUT2D eigenvalue weighted by molar-refractivity contribution is -0.117. The van der Waals surface area contributed by atoms with Crippen molar-refractivity contribution in [2.45, 2.75) is 19.8 Å². The van der Waals surface area contributed by atoms with Gasteiger partial charge in [0, 0.05) is 13.1 Å². The molecular weight excluding hydrogens is 245 g/mol. The zero-order chi connectivity index (χ0) is 14.1. The Hall–Kier alpha value is -1.46. The van der Waals surface area contributed by atoms with Crippen LogP contribution in [0.4, 0.5) is 10.1 Å². The van der Waals surface area contributed by atoms with Crippen molar-refractivity contribution in [3.05, 3.63) is 30.1 Å². The fourth-order valence-corrected chi connectivity index (χ4v) is 1.79. The molecule has 1 aromatic carbocycles. The highest BCUT2D eigenvalue weighted by Gasteiger charge is 2.11. The molecule has 0 atom stereocenters. The first kappa shape index (κ1) is 15.6. The molecule has 1 aromatic rings. The minimum Gasteiger partial charge on any atom is -0.329 e. The van der Waals surface area contributed by atoms with E-state index in [1.54, 1.807) is 18.2 Å². The predicted octanol–water partition coefficient (Wildman–Crippen LogP) is 1.82. The number of hydrogen-bond donors (Lipinski definition) is 2. The number of nitrogens with two attached hydrogens (primary N) is 1. The molecular formula is C14H22FN3O. The summed E-state index contributed by atoms with van der Waals surface area (Å²) < 4.78 is 13.4.